The summed E-state index contributed by atoms with van der Waals surface area (Å²) in [6, 6.07) is 19.1. The molecular weight excluding hydrogens is 282 g/mol. The first kappa shape index (κ1) is 14.5. The third-order valence-electron chi connectivity index (χ3n) is 4.88. The monoisotopic (exact) mass is 305 g/mol. The number of para-hydroxylation sites is 2. The van der Waals surface area contributed by atoms with Crippen molar-refractivity contribution in [3.63, 3.8) is 0 Å². The van der Waals surface area contributed by atoms with Gasteiger partial charge in [-0.25, -0.2) is 4.98 Å². The Bertz CT molecular complexity index is 722. The van der Waals surface area contributed by atoms with E-state index in [9.17, 15) is 0 Å². The summed E-state index contributed by atoms with van der Waals surface area (Å²) < 4.78 is 0. The van der Waals surface area contributed by atoms with Gasteiger partial charge in [0.25, 0.3) is 0 Å². The van der Waals surface area contributed by atoms with Gasteiger partial charge in [0, 0.05) is 13.0 Å². The molecule has 2 aromatic carbocycles. The number of nitrogens with zero attached hydrogens (tertiary/aromatic N) is 2. The number of hydrogen-bond acceptors (Lipinski definition) is 2. The largest absolute Gasteiger partial charge is 0.342 e. The summed E-state index contributed by atoms with van der Waals surface area (Å²) in [6.45, 7) is 3.47. The van der Waals surface area contributed by atoms with Crippen LogP contribution in [0.2, 0.25) is 0 Å². The first-order chi connectivity index (χ1) is 11.4. The minimum Gasteiger partial charge on any atom is -0.342 e. The third-order valence-corrected chi connectivity index (χ3v) is 4.88. The van der Waals surface area contributed by atoms with Crippen LogP contribution in [0.3, 0.4) is 0 Å². The lowest BCUT2D eigenvalue weighted by Crippen LogP contribution is -2.33. The van der Waals surface area contributed by atoms with Crippen molar-refractivity contribution in [3.05, 3.63) is 66.0 Å². The lowest BCUT2D eigenvalue weighted by atomic mass is 9.93. The molecule has 0 atom stereocenters. The zero-order valence-corrected chi connectivity index (χ0v) is 13.4. The fraction of sp³-hybridized carbons (Fsp3) is 0.350. The van der Waals surface area contributed by atoms with E-state index >= 15 is 0 Å². The molecule has 0 spiro atoms. The van der Waals surface area contributed by atoms with Crippen molar-refractivity contribution in [2.45, 2.75) is 25.8 Å². The lowest BCUT2D eigenvalue weighted by molar-refractivity contribution is 0.176. The molecule has 2 heterocycles. The van der Waals surface area contributed by atoms with Gasteiger partial charge in [0.15, 0.2) is 0 Å². The van der Waals surface area contributed by atoms with Gasteiger partial charge in [-0.2, -0.15) is 0 Å². The van der Waals surface area contributed by atoms with Crippen molar-refractivity contribution in [2.24, 2.45) is 5.92 Å². The number of aromatic nitrogens is 2. The zero-order chi connectivity index (χ0) is 15.5. The van der Waals surface area contributed by atoms with Crippen LogP contribution in [0.1, 0.15) is 24.2 Å². The second-order valence-corrected chi connectivity index (χ2v) is 6.61. The minimum atomic E-state index is 0.752. The summed E-state index contributed by atoms with van der Waals surface area (Å²) in [5.74, 6) is 1.90. The predicted octanol–water partition coefficient (Wildman–Crippen LogP) is 4.02. The molecule has 0 amide bonds. The van der Waals surface area contributed by atoms with Crippen molar-refractivity contribution in [1.82, 2.24) is 14.9 Å². The van der Waals surface area contributed by atoms with Gasteiger partial charge in [-0.3, -0.25) is 4.90 Å². The molecule has 0 bridgehead atoms. The van der Waals surface area contributed by atoms with Crippen LogP contribution in [0, 0.1) is 5.92 Å². The van der Waals surface area contributed by atoms with E-state index in [2.05, 4.69) is 64.5 Å². The molecule has 23 heavy (non-hydrogen) atoms. The SMILES string of the molecule is c1ccc(CN2CCC(Cc3nc4ccccc4[nH]3)CC2)cc1. The number of aromatic amines is 1. The van der Waals surface area contributed by atoms with Crippen LogP contribution in [0.4, 0.5) is 0 Å². The molecular formula is C20H23N3. The molecule has 1 aliphatic heterocycles. The summed E-state index contributed by atoms with van der Waals surface area (Å²) in [7, 11) is 0. The van der Waals surface area contributed by atoms with Crippen LogP contribution in [0.5, 0.6) is 0 Å². The molecule has 0 unspecified atom stereocenters. The van der Waals surface area contributed by atoms with Crippen LogP contribution in [-0.4, -0.2) is 28.0 Å². The number of hydrogen-bond donors (Lipinski definition) is 1. The Balaban J connectivity index is 1.32. The lowest BCUT2D eigenvalue weighted by Gasteiger charge is -2.31. The van der Waals surface area contributed by atoms with Crippen molar-refractivity contribution in [1.29, 1.82) is 0 Å². The number of H-pyrrole nitrogens is 1. The van der Waals surface area contributed by atoms with Gasteiger partial charge >= 0.3 is 0 Å². The highest BCUT2D eigenvalue weighted by Gasteiger charge is 2.20. The fourth-order valence-electron chi connectivity index (χ4n) is 3.57. The Hall–Kier alpha value is -2.13. The standard InChI is InChI=1S/C20H23N3/c1-2-6-17(7-3-1)15-23-12-10-16(11-13-23)14-20-21-18-8-4-5-9-19(18)22-20/h1-9,16H,10-15H2,(H,21,22). The summed E-state index contributed by atoms with van der Waals surface area (Å²) in [5, 5.41) is 0. The number of rotatable bonds is 4. The van der Waals surface area contributed by atoms with Crippen LogP contribution < -0.4 is 0 Å². The number of benzene rings is 2. The van der Waals surface area contributed by atoms with Gasteiger partial charge in [0.1, 0.15) is 5.82 Å². The number of piperidine rings is 1. The van der Waals surface area contributed by atoms with Crippen molar-refractivity contribution < 1.29 is 0 Å². The molecule has 0 saturated carbocycles. The molecule has 1 aliphatic rings. The molecule has 1 N–H and O–H groups in total. The molecule has 3 heteroatoms. The van der Waals surface area contributed by atoms with Crippen LogP contribution >= 0.6 is 0 Å². The molecule has 1 aromatic heterocycles. The molecule has 0 radical (unpaired) electrons. The normalized spacial score (nSPS) is 16.9. The van der Waals surface area contributed by atoms with Gasteiger partial charge in [-0.05, 0) is 49.5 Å². The van der Waals surface area contributed by atoms with Crippen LogP contribution in [-0.2, 0) is 13.0 Å². The van der Waals surface area contributed by atoms with Crippen LogP contribution in [0.15, 0.2) is 54.6 Å². The average molecular weight is 305 g/mol. The number of likely N-dealkylation sites (tertiary alicyclic amines) is 1. The Kier molecular flexibility index (Phi) is 4.12. The minimum absolute atomic E-state index is 0.752. The average Bonchev–Trinajstić information content (AvgIpc) is 3.00. The van der Waals surface area contributed by atoms with E-state index in [0.29, 0.717) is 0 Å². The Morgan fingerprint density at radius 1 is 0.957 bits per heavy atom. The van der Waals surface area contributed by atoms with Gasteiger partial charge in [0.05, 0.1) is 11.0 Å². The quantitative estimate of drug-likeness (QED) is 0.789. The van der Waals surface area contributed by atoms with Crippen molar-refractivity contribution >= 4 is 11.0 Å². The van der Waals surface area contributed by atoms with Gasteiger partial charge < -0.3 is 4.98 Å². The number of nitrogens with one attached hydrogen (secondary N) is 1. The molecule has 4 rings (SSSR count). The summed E-state index contributed by atoms with van der Waals surface area (Å²) in [4.78, 5) is 10.8. The maximum absolute atomic E-state index is 4.72. The fourth-order valence-corrected chi connectivity index (χ4v) is 3.57. The molecule has 1 saturated heterocycles. The Morgan fingerprint density at radius 3 is 2.48 bits per heavy atom. The smallest absolute Gasteiger partial charge is 0.107 e. The van der Waals surface area contributed by atoms with E-state index in [1.54, 1.807) is 0 Å². The molecule has 3 nitrogen and oxygen atoms in total. The summed E-state index contributed by atoms with van der Waals surface area (Å²) >= 11 is 0. The number of fused-ring (bicyclic) bond motifs is 1. The first-order valence-corrected chi connectivity index (χ1v) is 8.57. The number of imidazole rings is 1. The topological polar surface area (TPSA) is 31.9 Å². The molecule has 3 aromatic rings. The maximum atomic E-state index is 4.72. The third kappa shape index (κ3) is 3.45. The Labute approximate surface area is 137 Å². The van der Waals surface area contributed by atoms with Crippen LogP contribution in [0.25, 0.3) is 11.0 Å². The van der Waals surface area contributed by atoms with E-state index in [-0.39, 0.29) is 0 Å². The van der Waals surface area contributed by atoms with Crippen molar-refractivity contribution in [3.8, 4) is 0 Å². The van der Waals surface area contributed by atoms with Gasteiger partial charge in [-0.15, -0.1) is 0 Å². The molecule has 118 valence electrons. The zero-order valence-electron chi connectivity index (χ0n) is 13.4. The molecule has 0 aliphatic carbocycles. The summed E-state index contributed by atoms with van der Waals surface area (Å²) in [6.07, 6.45) is 3.61. The highest BCUT2D eigenvalue weighted by Crippen LogP contribution is 2.23. The predicted molar refractivity (Wildman–Crippen MR) is 94.2 cm³/mol. The van der Waals surface area contributed by atoms with Gasteiger partial charge in [0.2, 0.25) is 0 Å². The van der Waals surface area contributed by atoms with E-state index in [0.717, 1.165) is 35.7 Å². The van der Waals surface area contributed by atoms with E-state index < -0.39 is 0 Å². The highest BCUT2D eigenvalue weighted by molar-refractivity contribution is 5.74. The molecule has 1 fully saturated rings. The van der Waals surface area contributed by atoms with E-state index in [4.69, 9.17) is 4.98 Å². The van der Waals surface area contributed by atoms with E-state index in [1.165, 1.54) is 31.5 Å². The first-order valence-electron chi connectivity index (χ1n) is 8.57. The van der Waals surface area contributed by atoms with E-state index in [1.807, 2.05) is 0 Å². The Morgan fingerprint density at radius 2 is 1.70 bits per heavy atom. The highest BCUT2D eigenvalue weighted by atomic mass is 15.1. The van der Waals surface area contributed by atoms with Gasteiger partial charge in [-0.1, -0.05) is 42.5 Å². The van der Waals surface area contributed by atoms with Crippen molar-refractivity contribution in [2.75, 3.05) is 13.1 Å². The second kappa shape index (κ2) is 6.55. The second-order valence-electron chi connectivity index (χ2n) is 6.61. The maximum Gasteiger partial charge on any atom is 0.107 e. The summed E-state index contributed by atoms with van der Waals surface area (Å²) in [5.41, 5.74) is 3.66.